The van der Waals surface area contributed by atoms with Crippen LogP contribution >= 0.6 is 11.6 Å². The van der Waals surface area contributed by atoms with Gasteiger partial charge < -0.3 is 9.64 Å². The van der Waals surface area contributed by atoms with E-state index in [1.54, 1.807) is 4.90 Å². The summed E-state index contributed by atoms with van der Waals surface area (Å²) < 4.78 is 18.6. The average Bonchev–Trinajstić information content (AvgIpc) is 2.32. The molecule has 2 rings (SSSR count). The molecule has 3 nitrogen and oxygen atoms in total. The van der Waals surface area contributed by atoms with Crippen LogP contribution < -0.4 is 0 Å². The van der Waals surface area contributed by atoms with Crippen molar-refractivity contribution in [3.63, 3.8) is 0 Å². The van der Waals surface area contributed by atoms with Crippen LogP contribution in [0.4, 0.5) is 4.39 Å². The van der Waals surface area contributed by atoms with Crippen LogP contribution in [0.15, 0.2) is 18.2 Å². The number of carbonyl (C=O) groups is 1. The minimum atomic E-state index is -0.541. The summed E-state index contributed by atoms with van der Waals surface area (Å²) in [5.74, 6) is -0.871. The molecule has 16 heavy (non-hydrogen) atoms. The van der Waals surface area contributed by atoms with Gasteiger partial charge in [0.05, 0.1) is 18.8 Å². The van der Waals surface area contributed by atoms with Crippen LogP contribution in [0.5, 0.6) is 0 Å². The lowest BCUT2D eigenvalue weighted by molar-refractivity contribution is 0.0300. The Morgan fingerprint density at radius 3 is 2.75 bits per heavy atom. The molecule has 86 valence electrons. The highest BCUT2D eigenvalue weighted by atomic mass is 35.5. The van der Waals surface area contributed by atoms with Crippen molar-refractivity contribution in [3.8, 4) is 0 Å². The van der Waals surface area contributed by atoms with E-state index in [1.807, 2.05) is 0 Å². The molecule has 0 aromatic heterocycles. The third-order valence-electron chi connectivity index (χ3n) is 2.46. The summed E-state index contributed by atoms with van der Waals surface area (Å²) in [4.78, 5) is 13.5. The van der Waals surface area contributed by atoms with E-state index < -0.39 is 5.82 Å². The van der Waals surface area contributed by atoms with Crippen molar-refractivity contribution in [1.29, 1.82) is 0 Å². The number of morpholine rings is 1. The standard InChI is InChI=1S/C11H11ClFNO2/c12-8-1-2-10(13)9(7-8)11(15)14-3-5-16-6-4-14/h1-2,7H,3-6H2. The Bertz CT molecular complexity index is 405. The van der Waals surface area contributed by atoms with Crippen LogP contribution in [-0.2, 0) is 4.74 Å². The second-order valence-corrected chi connectivity index (χ2v) is 3.97. The van der Waals surface area contributed by atoms with Gasteiger partial charge in [-0.25, -0.2) is 4.39 Å². The summed E-state index contributed by atoms with van der Waals surface area (Å²) in [6, 6.07) is 3.98. The molecule has 0 unspecified atom stereocenters. The van der Waals surface area contributed by atoms with Gasteiger partial charge in [0.2, 0.25) is 0 Å². The van der Waals surface area contributed by atoms with Gasteiger partial charge >= 0.3 is 0 Å². The summed E-state index contributed by atoms with van der Waals surface area (Å²) in [6.45, 7) is 1.97. The lowest BCUT2D eigenvalue weighted by Gasteiger charge is -2.27. The van der Waals surface area contributed by atoms with Crippen molar-refractivity contribution in [2.24, 2.45) is 0 Å². The highest BCUT2D eigenvalue weighted by Gasteiger charge is 2.21. The smallest absolute Gasteiger partial charge is 0.257 e. The Morgan fingerprint density at radius 1 is 1.38 bits per heavy atom. The van der Waals surface area contributed by atoms with Crippen LogP contribution in [0.25, 0.3) is 0 Å². The van der Waals surface area contributed by atoms with Gasteiger partial charge in [0, 0.05) is 18.1 Å². The first kappa shape index (κ1) is 11.4. The fourth-order valence-corrected chi connectivity index (χ4v) is 1.77. The van der Waals surface area contributed by atoms with E-state index in [0.29, 0.717) is 31.3 Å². The summed E-state index contributed by atoms with van der Waals surface area (Å²) in [5, 5.41) is 0.359. The molecular weight excluding hydrogens is 233 g/mol. The fourth-order valence-electron chi connectivity index (χ4n) is 1.60. The van der Waals surface area contributed by atoms with Crippen LogP contribution in [0.3, 0.4) is 0 Å². The molecule has 0 aliphatic carbocycles. The molecule has 5 heteroatoms. The molecule has 0 N–H and O–H groups in total. The predicted molar refractivity (Wildman–Crippen MR) is 58.1 cm³/mol. The van der Waals surface area contributed by atoms with Gasteiger partial charge in [-0.05, 0) is 18.2 Å². The van der Waals surface area contributed by atoms with E-state index in [2.05, 4.69) is 0 Å². The molecule has 1 heterocycles. The predicted octanol–water partition coefficient (Wildman–Crippen LogP) is 1.95. The van der Waals surface area contributed by atoms with Crippen molar-refractivity contribution >= 4 is 17.5 Å². The Labute approximate surface area is 97.8 Å². The first-order valence-electron chi connectivity index (χ1n) is 5.00. The van der Waals surface area contributed by atoms with E-state index in [-0.39, 0.29) is 11.5 Å². The third kappa shape index (κ3) is 2.33. The number of rotatable bonds is 1. The van der Waals surface area contributed by atoms with E-state index in [0.717, 1.165) is 0 Å². The maximum atomic E-state index is 13.4. The van der Waals surface area contributed by atoms with Gasteiger partial charge in [-0.1, -0.05) is 11.6 Å². The highest BCUT2D eigenvalue weighted by molar-refractivity contribution is 6.30. The van der Waals surface area contributed by atoms with Crippen molar-refractivity contribution in [2.75, 3.05) is 26.3 Å². The number of benzene rings is 1. The first-order chi connectivity index (χ1) is 7.68. The van der Waals surface area contributed by atoms with Crippen LogP contribution in [0.1, 0.15) is 10.4 Å². The van der Waals surface area contributed by atoms with Crippen LogP contribution in [-0.4, -0.2) is 37.1 Å². The zero-order chi connectivity index (χ0) is 11.5. The molecular formula is C11H11ClFNO2. The zero-order valence-electron chi connectivity index (χ0n) is 8.58. The molecule has 1 amide bonds. The molecule has 1 aromatic carbocycles. The number of amides is 1. The maximum absolute atomic E-state index is 13.4. The zero-order valence-corrected chi connectivity index (χ0v) is 9.34. The molecule has 0 radical (unpaired) electrons. The molecule has 1 saturated heterocycles. The molecule has 1 aromatic rings. The second kappa shape index (κ2) is 4.80. The van der Waals surface area contributed by atoms with Crippen molar-refractivity contribution < 1.29 is 13.9 Å². The van der Waals surface area contributed by atoms with Gasteiger partial charge in [0.25, 0.3) is 5.91 Å². The van der Waals surface area contributed by atoms with Crippen LogP contribution in [0.2, 0.25) is 5.02 Å². The monoisotopic (exact) mass is 243 g/mol. The Morgan fingerprint density at radius 2 is 2.06 bits per heavy atom. The van der Waals surface area contributed by atoms with Gasteiger partial charge in [-0.3, -0.25) is 4.79 Å². The lowest BCUT2D eigenvalue weighted by Crippen LogP contribution is -2.41. The van der Waals surface area contributed by atoms with E-state index >= 15 is 0 Å². The molecule has 0 atom stereocenters. The topological polar surface area (TPSA) is 29.5 Å². The molecule has 0 spiro atoms. The van der Waals surface area contributed by atoms with E-state index in [4.69, 9.17) is 16.3 Å². The summed E-state index contributed by atoms with van der Waals surface area (Å²) in [6.07, 6.45) is 0. The normalized spacial score (nSPS) is 16.2. The summed E-state index contributed by atoms with van der Waals surface area (Å²) in [7, 11) is 0. The largest absolute Gasteiger partial charge is 0.378 e. The van der Waals surface area contributed by atoms with E-state index in [1.165, 1.54) is 18.2 Å². The summed E-state index contributed by atoms with van der Waals surface area (Å²) in [5.41, 5.74) is 0.0226. The maximum Gasteiger partial charge on any atom is 0.257 e. The molecule has 1 fully saturated rings. The summed E-state index contributed by atoms with van der Waals surface area (Å²) >= 11 is 5.74. The first-order valence-corrected chi connectivity index (χ1v) is 5.38. The van der Waals surface area contributed by atoms with Crippen molar-refractivity contribution in [1.82, 2.24) is 4.90 Å². The van der Waals surface area contributed by atoms with E-state index in [9.17, 15) is 9.18 Å². The number of ether oxygens (including phenoxy) is 1. The minimum absolute atomic E-state index is 0.0226. The number of hydrogen-bond acceptors (Lipinski definition) is 2. The van der Waals surface area contributed by atoms with Crippen LogP contribution in [0, 0.1) is 5.82 Å². The third-order valence-corrected chi connectivity index (χ3v) is 2.69. The van der Waals surface area contributed by atoms with Gasteiger partial charge in [0.15, 0.2) is 0 Å². The Balaban J connectivity index is 2.22. The number of nitrogens with zero attached hydrogens (tertiary/aromatic N) is 1. The highest BCUT2D eigenvalue weighted by Crippen LogP contribution is 2.17. The van der Waals surface area contributed by atoms with Gasteiger partial charge in [-0.15, -0.1) is 0 Å². The van der Waals surface area contributed by atoms with Crippen molar-refractivity contribution in [3.05, 3.63) is 34.6 Å². The molecule has 1 aliphatic heterocycles. The Hall–Kier alpha value is -1.13. The lowest BCUT2D eigenvalue weighted by atomic mass is 10.2. The van der Waals surface area contributed by atoms with Gasteiger partial charge in [-0.2, -0.15) is 0 Å². The number of carbonyl (C=O) groups excluding carboxylic acids is 1. The Kier molecular flexibility index (Phi) is 3.41. The van der Waals surface area contributed by atoms with Crippen molar-refractivity contribution in [2.45, 2.75) is 0 Å². The quantitative estimate of drug-likeness (QED) is 0.755. The SMILES string of the molecule is O=C(c1cc(Cl)ccc1F)N1CCOCC1. The molecule has 1 aliphatic rings. The van der Waals surface area contributed by atoms with Gasteiger partial charge in [0.1, 0.15) is 5.82 Å². The molecule has 0 saturated carbocycles. The second-order valence-electron chi connectivity index (χ2n) is 3.53. The minimum Gasteiger partial charge on any atom is -0.378 e. The molecule has 0 bridgehead atoms. The number of hydrogen-bond donors (Lipinski definition) is 0. The fraction of sp³-hybridized carbons (Fsp3) is 0.364. The average molecular weight is 244 g/mol. The number of halogens is 2.